The fourth-order valence-corrected chi connectivity index (χ4v) is 2.33. The van der Waals surface area contributed by atoms with Crippen molar-refractivity contribution in [2.24, 2.45) is 5.92 Å². The molecule has 18 heavy (non-hydrogen) atoms. The largest absolute Gasteiger partial charge is 0.480 e. The lowest BCUT2D eigenvalue weighted by molar-refractivity contribution is -0.141. The van der Waals surface area contributed by atoms with Gasteiger partial charge in [-0.3, -0.25) is 9.59 Å². The summed E-state index contributed by atoms with van der Waals surface area (Å²) in [5.41, 5.74) is 0. The third-order valence-corrected chi connectivity index (χ3v) is 3.37. The van der Waals surface area contributed by atoms with Crippen molar-refractivity contribution >= 4 is 11.9 Å². The molecule has 2 atom stereocenters. The van der Waals surface area contributed by atoms with Crippen LogP contribution in [0.1, 0.15) is 39.5 Å². The summed E-state index contributed by atoms with van der Waals surface area (Å²) in [7, 11) is 0. The maximum Gasteiger partial charge on any atom is 0.325 e. The molecule has 0 aromatic carbocycles. The molecule has 0 saturated carbocycles. The first-order chi connectivity index (χ1) is 8.49. The minimum Gasteiger partial charge on any atom is -0.480 e. The quantitative estimate of drug-likeness (QED) is 0.746. The van der Waals surface area contributed by atoms with E-state index in [1.807, 2.05) is 0 Å². The minimum absolute atomic E-state index is 0.171. The number of hydrogen-bond acceptors (Lipinski definition) is 3. The molecule has 0 aliphatic carbocycles. The zero-order chi connectivity index (χ0) is 13.5. The summed E-state index contributed by atoms with van der Waals surface area (Å²) in [5, 5.41) is 11.1. The molecule has 1 amide bonds. The van der Waals surface area contributed by atoms with Crippen molar-refractivity contribution in [2.45, 2.75) is 45.6 Å². The third-order valence-electron chi connectivity index (χ3n) is 3.37. The Balaban J connectivity index is 2.13. The highest BCUT2D eigenvalue weighted by atomic mass is 16.4. The van der Waals surface area contributed by atoms with Crippen LogP contribution < -0.4 is 5.32 Å². The summed E-state index contributed by atoms with van der Waals surface area (Å²) in [5.74, 6) is -0.414. The zero-order valence-electron chi connectivity index (χ0n) is 11.3. The number of carbonyl (C=O) groups is 2. The van der Waals surface area contributed by atoms with E-state index in [0.717, 1.165) is 32.0 Å². The molecular weight excluding hydrogens is 232 g/mol. The molecule has 0 bridgehead atoms. The third kappa shape index (κ3) is 5.49. The maximum atomic E-state index is 11.5. The molecule has 0 aromatic heterocycles. The average molecular weight is 256 g/mol. The Bertz CT molecular complexity index is 294. The lowest BCUT2D eigenvalue weighted by atomic mass is 10.0. The number of amides is 1. The van der Waals surface area contributed by atoms with Crippen LogP contribution in [0.2, 0.25) is 0 Å². The molecule has 5 heteroatoms. The molecule has 1 aliphatic rings. The van der Waals surface area contributed by atoms with Gasteiger partial charge in [-0.25, -0.2) is 0 Å². The van der Waals surface area contributed by atoms with Gasteiger partial charge < -0.3 is 15.3 Å². The van der Waals surface area contributed by atoms with Crippen LogP contribution in [-0.2, 0) is 9.59 Å². The van der Waals surface area contributed by atoms with Gasteiger partial charge in [-0.2, -0.15) is 0 Å². The second-order valence-electron chi connectivity index (χ2n) is 5.28. The number of carbonyl (C=O) groups excluding carboxylic acids is 1. The van der Waals surface area contributed by atoms with Crippen LogP contribution in [0.3, 0.4) is 0 Å². The Morgan fingerprint density at radius 2 is 2.22 bits per heavy atom. The van der Waals surface area contributed by atoms with Crippen molar-refractivity contribution < 1.29 is 14.7 Å². The molecule has 5 nitrogen and oxygen atoms in total. The highest BCUT2D eigenvalue weighted by Crippen LogP contribution is 2.15. The molecule has 1 rings (SSSR count). The molecule has 104 valence electrons. The maximum absolute atomic E-state index is 11.5. The topological polar surface area (TPSA) is 69.6 Å². The van der Waals surface area contributed by atoms with E-state index < -0.39 is 12.0 Å². The second kappa shape index (κ2) is 7.36. The average Bonchev–Trinajstić information content (AvgIpc) is 2.28. The number of likely N-dealkylation sites (tertiary alicyclic amines) is 1. The van der Waals surface area contributed by atoms with Crippen LogP contribution in [-0.4, -0.2) is 47.6 Å². The van der Waals surface area contributed by atoms with Crippen molar-refractivity contribution in [1.29, 1.82) is 0 Å². The smallest absolute Gasteiger partial charge is 0.325 e. The zero-order valence-corrected chi connectivity index (χ0v) is 11.3. The van der Waals surface area contributed by atoms with E-state index in [4.69, 9.17) is 5.11 Å². The molecule has 2 unspecified atom stereocenters. The Morgan fingerprint density at radius 1 is 1.50 bits per heavy atom. The van der Waals surface area contributed by atoms with Gasteiger partial charge in [0.1, 0.15) is 6.04 Å². The van der Waals surface area contributed by atoms with E-state index in [2.05, 4.69) is 17.1 Å². The number of nitrogens with one attached hydrogen (secondary N) is 1. The van der Waals surface area contributed by atoms with Crippen LogP contribution >= 0.6 is 0 Å². The van der Waals surface area contributed by atoms with Crippen LogP contribution in [0.15, 0.2) is 0 Å². The number of carboxylic acids is 1. The molecule has 1 heterocycles. The summed E-state index contributed by atoms with van der Waals surface area (Å²) < 4.78 is 0. The van der Waals surface area contributed by atoms with E-state index in [9.17, 15) is 9.59 Å². The highest BCUT2D eigenvalue weighted by Gasteiger charge is 2.17. The first kappa shape index (κ1) is 15.0. The number of nitrogens with zero attached hydrogens (tertiary/aromatic N) is 1. The summed E-state index contributed by atoms with van der Waals surface area (Å²) >= 11 is 0. The highest BCUT2D eigenvalue weighted by molar-refractivity contribution is 5.83. The van der Waals surface area contributed by atoms with Crippen molar-refractivity contribution in [1.82, 2.24) is 10.2 Å². The lowest BCUT2D eigenvalue weighted by Crippen LogP contribution is -2.39. The van der Waals surface area contributed by atoms with Crippen LogP contribution in [0, 0.1) is 5.92 Å². The normalized spacial score (nSPS) is 22.4. The van der Waals surface area contributed by atoms with Gasteiger partial charge in [0.05, 0.1) is 0 Å². The fraction of sp³-hybridized carbons (Fsp3) is 0.846. The van der Waals surface area contributed by atoms with E-state index in [1.54, 1.807) is 0 Å². The second-order valence-corrected chi connectivity index (χ2v) is 5.28. The number of rotatable bonds is 6. The number of piperidine rings is 1. The summed E-state index contributed by atoms with van der Waals surface area (Å²) in [4.78, 5) is 24.4. The number of hydrogen-bond donors (Lipinski definition) is 2. The monoisotopic (exact) mass is 256 g/mol. The minimum atomic E-state index is -0.992. The molecule has 1 aliphatic heterocycles. The summed E-state index contributed by atoms with van der Waals surface area (Å²) in [6.45, 7) is 6.91. The van der Waals surface area contributed by atoms with E-state index >= 15 is 0 Å². The molecule has 0 aromatic rings. The van der Waals surface area contributed by atoms with E-state index in [-0.39, 0.29) is 5.91 Å². The summed E-state index contributed by atoms with van der Waals surface area (Å²) in [6.07, 6.45) is 3.74. The lowest BCUT2D eigenvalue weighted by Gasteiger charge is -2.30. The predicted octanol–water partition coefficient (Wildman–Crippen LogP) is 1.09. The van der Waals surface area contributed by atoms with E-state index in [0.29, 0.717) is 6.42 Å². The Hall–Kier alpha value is -1.10. The van der Waals surface area contributed by atoms with Crippen molar-refractivity contribution in [3.05, 3.63) is 0 Å². The van der Waals surface area contributed by atoms with Gasteiger partial charge in [0.15, 0.2) is 0 Å². The molecule has 1 saturated heterocycles. The standard InChI is InChI=1S/C13H24N2O3/c1-10-5-3-7-15(9-10)8-4-6-12(16)14-11(2)13(17)18/h10-11H,3-9H2,1-2H3,(H,14,16)(H,17,18). The van der Waals surface area contributed by atoms with Crippen LogP contribution in [0.5, 0.6) is 0 Å². The van der Waals surface area contributed by atoms with E-state index in [1.165, 1.54) is 19.8 Å². The summed E-state index contributed by atoms with van der Waals surface area (Å²) in [6, 6.07) is -0.799. The SMILES string of the molecule is CC1CCCN(CCCC(=O)NC(C)C(=O)O)C1. The number of aliphatic carboxylic acids is 1. The Kier molecular flexibility index (Phi) is 6.12. The van der Waals surface area contributed by atoms with Gasteiger partial charge in [0.25, 0.3) is 0 Å². The van der Waals surface area contributed by atoms with Crippen molar-refractivity contribution in [2.75, 3.05) is 19.6 Å². The van der Waals surface area contributed by atoms with Gasteiger partial charge in [0.2, 0.25) is 5.91 Å². The van der Waals surface area contributed by atoms with Gasteiger partial charge >= 0.3 is 5.97 Å². The molecule has 1 fully saturated rings. The molecule has 0 spiro atoms. The van der Waals surface area contributed by atoms with Gasteiger partial charge in [-0.15, -0.1) is 0 Å². The van der Waals surface area contributed by atoms with Crippen molar-refractivity contribution in [3.63, 3.8) is 0 Å². The van der Waals surface area contributed by atoms with Crippen molar-refractivity contribution in [3.8, 4) is 0 Å². The van der Waals surface area contributed by atoms with Crippen LogP contribution in [0.4, 0.5) is 0 Å². The van der Waals surface area contributed by atoms with Gasteiger partial charge in [0, 0.05) is 13.0 Å². The first-order valence-electron chi connectivity index (χ1n) is 6.73. The first-order valence-corrected chi connectivity index (χ1v) is 6.73. The fourth-order valence-electron chi connectivity index (χ4n) is 2.33. The molecule has 2 N–H and O–H groups in total. The van der Waals surface area contributed by atoms with Gasteiger partial charge in [-0.05, 0) is 45.2 Å². The Morgan fingerprint density at radius 3 is 2.83 bits per heavy atom. The van der Waals surface area contributed by atoms with Gasteiger partial charge in [-0.1, -0.05) is 6.92 Å². The molecule has 0 radical (unpaired) electrons. The molecular formula is C13H24N2O3. The number of carboxylic acid groups (broad SMARTS) is 1. The Labute approximate surface area is 109 Å². The predicted molar refractivity (Wildman–Crippen MR) is 69.3 cm³/mol. The van der Waals surface area contributed by atoms with Crippen LogP contribution in [0.25, 0.3) is 0 Å².